The van der Waals surface area contributed by atoms with Crippen molar-refractivity contribution in [2.45, 2.75) is 59.2 Å². The highest BCUT2D eigenvalue weighted by Crippen LogP contribution is 2.52. The normalized spacial score (nSPS) is 31.3. The number of nitrogens with zero attached hydrogens (tertiary/aromatic N) is 2. The van der Waals surface area contributed by atoms with E-state index in [4.69, 9.17) is 4.42 Å². The Morgan fingerprint density at radius 2 is 1.96 bits per heavy atom. The first-order valence-electron chi connectivity index (χ1n) is 10.1. The summed E-state index contributed by atoms with van der Waals surface area (Å²) in [6.07, 6.45) is 5.02. The molecule has 0 aromatic carbocycles. The van der Waals surface area contributed by atoms with Gasteiger partial charge in [-0.1, -0.05) is 20.8 Å². The molecule has 3 aliphatic rings. The van der Waals surface area contributed by atoms with E-state index in [9.17, 15) is 9.90 Å². The molecule has 5 nitrogen and oxygen atoms in total. The molecule has 0 amide bonds. The van der Waals surface area contributed by atoms with Crippen LogP contribution in [0, 0.1) is 10.8 Å². The molecule has 0 spiro atoms. The van der Waals surface area contributed by atoms with Crippen LogP contribution >= 0.6 is 11.8 Å². The Morgan fingerprint density at radius 3 is 2.70 bits per heavy atom. The minimum absolute atomic E-state index is 0.148. The lowest BCUT2D eigenvalue weighted by Crippen LogP contribution is -2.35. The summed E-state index contributed by atoms with van der Waals surface area (Å²) in [4.78, 5) is 17.1. The number of thioether (sulfide) groups is 1. The number of aromatic hydroxyl groups is 1. The van der Waals surface area contributed by atoms with E-state index in [0.29, 0.717) is 35.5 Å². The summed E-state index contributed by atoms with van der Waals surface area (Å²) < 4.78 is 5.33. The Bertz CT molecular complexity index is 756. The van der Waals surface area contributed by atoms with Crippen molar-refractivity contribution in [3.63, 3.8) is 0 Å². The molecule has 0 unspecified atom stereocenters. The molecule has 3 heterocycles. The SMILES string of the molecule is CC1(C)C[C@H]2C[C@](C)(CN2Cc2c(O)c(CN3CCSCC3)coc2=O)C1. The molecule has 2 saturated heterocycles. The lowest BCUT2D eigenvalue weighted by molar-refractivity contribution is 0.126. The molecule has 2 atom stereocenters. The minimum Gasteiger partial charge on any atom is -0.507 e. The first-order chi connectivity index (χ1) is 12.7. The number of hydrogen-bond donors (Lipinski definition) is 1. The molecule has 2 aliphatic heterocycles. The monoisotopic (exact) mass is 392 g/mol. The first kappa shape index (κ1) is 19.3. The molecular weight excluding hydrogens is 360 g/mol. The zero-order valence-corrected chi connectivity index (χ0v) is 17.6. The van der Waals surface area contributed by atoms with E-state index in [2.05, 4.69) is 30.6 Å². The molecular formula is C21H32N2O3S. The third-order valence-corrected chi connectivity index (χ3v) is 7.47. The van der Waals surface area contributed by atoms with Crippen molar-refractivity contribution in [2.24, 2.45) is 10.8 Å². The second-order valence-electron chi connectivity index (χ2n) is 9.88. The van der Waals surface area contributed by atoms with Crippen LogP contribution in [0.4, 0.5) is 0 Å². The van der Waals surface area contributed by atoms with E-state index in [-0.39, 0.29) is 5.75 Å². The van der Waals surface area contributed by atoms with Crippen LogP contribution in [0.5, 0.6) is 5.75 Å². The maximum Gasteiger partial charge on any atom is 0.343 e. The Kier molecular flexibility index (Phi) is 5.10. The van der Waals surface area contributed by atoms with Crippen molar-refractivity contribution in [3.8, 4) is 5.75 Å². The van der Waals surface area contributed by atoms with Gasteiger partial charge in [0.25, 0.3) is 0 Å². The van der Waals surface area contributed by atoms with Crippen molar-refractivity contribution < 1.29 is 9.52 Å². The summed E-state index contributed by atoms with van der Waals surface area (Å²) in [6.45, 7) is 11.2. The predicted octanol–water partition coefficient (Wildman–Crippen LogP) is 3.29. The predicted molar refractivity (Wildman–Crippen MR) is 109 cm³/mol. The summed E-state index contributed by atoms with van der Waals surface area (Å²) in [6, 6.07) is 0.486. The molecule has 0 radical (unpaired) electrons. The molecule has 4 rings (SSSR count). The van der Waals surface area contributed by atoms with Crippen molar-refractivity contribution in [3.05, 3.63) is 27.8 Å². The molecule has 2 bridgehead atoms. The van der Waals surface area contributed by atoms with Gasteiger partial charge in [0.1, 0.15) is 12.0 Å². The van der Waals surface area contributed by atoms with Gasteiger partial charge in [-0.25, -0.2) is 4.79 Å². The Balaban J connectivity index is 1.54. The second-order valence-corrected chi connectivity index (χ2v) is 11.1. The van der Waals surface area contributed by atoms with Gasteiger partial charge in [0.05, 0.1) is 5.56 Å². The highest BCUT2D eigenvalue weighted by Gasteiger charge is 2.49. The number of fused-ring (bicyclic) bond motifs is 2. The molecule has 3 fully saturated rings. The van der Waals surface area contributed by atoms with Crippen LogP contribution in [-0.4, -0.2) is 52.1 Å². The lowest BCUT2D eigenvalue weighted by Gasteiger charge is -2.39. The van der Waals surface area contributed by atoms with Gasteiger partial charge in [0.15, 0.2) is 0 Å². The Hall–Kier alpha value is -0.980. The Morgan fingerprint density at radius 1 is 1.22 bits per heavy atom. The molecule has 1 aromatic heterocycles. The average Bonchev–Trinajstić information content (AvgIpc) is 2.83. The summed E-state index contributed by atoms with van der Waals surface area (Å²) in [7, 11) is 0. The van der Waals surface area contributed by atoms with Crippen molar-refractivity contribution in [2.75, 3.05) is 31.1 Å². The summed E-state index contributed by atoms with van der Waals surface area (Å²) in [5.74, 6) is 2.39. The van der Waals surface area contributed by atoms with E-state index in [1.54, 1.807) is 0 Å². The standard InChI is InChI=1S/C21H32N2O3S/c1-20(2)8-16-9-21(3,13-20)14-23(16)11-17-18(24)15(12-26-19(17)25)10-22-4-6-27-7-5-22/h12,16,24H,4-11,13-14H2,1-3H3/t16-,21-/m0/s1. The number of hydrogen-bond acceptors (Lipinski definition) is 6. The molecule has 27 heavy (non-hydrogen) atoms. The fourth-order valence-corrected chi connectivity index (χ4v) is 6.74. The zero-order valence-electron chi connectivity index (χ0n) is 16.8. The van der Waals surface area contributed by atoms with Crippen LogP contribution in [0.3, 0.4) is 0 Å². The summed E-state index contributed by atoms with van der Waals surface area (Å²) in [5, 5.41) is 10.8. The van der Waals surface area contributed by atoms with Crippen molar-refractivity contribution >= 4 is 11.8 Å². The summed E-state index contributed by atoms with van der Waals surface area (Å²) >= 11 is 1.96. The fourth-order valence-electron chi connectivity index (χ4n) is 5.76. The third-order valence-electron chi connectivity index (χ3n) is 6.53. The van der Waals surface area contributed by atoms with Crippen LogP contribution in [0.2, 0.25) is 0 Å². The van der Waals surface area contributed by atoms with E-state index >= 15 is 0 Å². The van der Waals surface area contributed by atoms with Crippen LogP contribution in [0.15, 0.2) is 15.5 Å². The van der Waals surface area contributed by atoms with Crippen LogP contribution in [0.1, 0.15) is 51.2 Å². The maximum atomic E-state index is 12.4. The van der Waals surface area contributed by atoms with Gasteiger partial charge < -0.3 is 9.52 Å². The number of rotatable bonds is 4. The van der Waals surface area contributed by atoms with E-state index in [1.807, 2.05) is 11.8 Å². The fraction of sp³-hybridized carbons (Fsp3) is 0.762. The molecule has 1 saturated carbocycles. The van der Waals surface area contributed by atoms with Gasteiger partial charge in [0, 0.05) is 55.8 Å². The topological polar surface area (TPSA) is 56.9 Å². The molecule has 1 aliphatic carbocycles. The van der Waals surface area contributed by atoms with Gasteiger partial charge in [-0.05, 0) is 30.1 Å². The smallest absolute Gasteiger partial charge is 0.343 e. The molecule has 1 aromatic rings. The minimum atomic E-state index is -0.392. The van der Waals surface area contributed by atoms with Crippen molar-refractivity contribution in [1.82, 2.24) is 9.80 Å². The molecule has 1 N–H and O–H groups in total. The third kappa shape index (κ3) is 4.08. The summed E-state index contributed by atoms with van der Waals surface area (Å²) in [5.41, 5.74) is 1.44. The zero-order chi connectivity index (χ0) is 19.2. The highest BCUT2D eigenvalue weighted by atomic mass is 32.2. The van der Waals surface area contributed by atoms with Crippen LogP contribution in [0.25, 0.3) is 0 Å². The molecule has 6 heteroatoms. The van der Waals surface area contributed by atoms with E-state index in [1.165, 1.54) is 19.1 Å². The van der Waals surface area contributed by atoms with Crippen molar-refractivity contribution in [1.29, 1.82) is 0 Å². The number of likely N-dealkylation sites (tertiary alicyclic amines) is 1. The van der Waals surface area contributed by atoms with E-state index < -0.39 is 5.63 Å². The average molecular weight is 393 g/mol. The van der Waals surface area contributed by atoms with E-state index in [0.717, 1.165) is 43.1 Å². The first-order valence-corrected chi connectivity index (χ1v) is 11.3. The quantitative estimate of drug-likeness (QED) is 0.849. The lowest BCUT2D eigenvalue weighted by atomic mass is 9.65. The van der Waals surface area contributed by atoms with Crippen LogP contribution < -0.4 is 5.63 Å². The Labute approximate surface area is 166 Å². The maximum absolute atomic E-state index is 12.4. The highest BCUT2D eigenvalue weighted by molar-refractivity contribution is 7.99. The van der Waals surface area contributed by atoms with Gasteiger partial charge in [0.2, 0.25) is 0 Å². The molecule has 150 valence electrons. The second kappa shape index (κ2) is 7.12. The van der Waals surface area contributed by atoms with Gasteiger partial charge in [-0.15, -0.1) is 0 Å². The van der Waals surface area contributed by atoms with Gasteiger partial charge >= 0.3 is 5.63 Å². The van der Waals surface area contributed by atoms with Gasteiger partial charge in [-0.3, -0.25) is 9.80 Å². The largest absolute Gasteiger partial charge is 0.507 e. The van der Waals surface area contributed by atoms with Crippen LogP contribution in [-0.2, 0) is 13.1 Å². The van der Waals surface area contributed by atoms with Gasteiger partial charge in [-0.2, -0.15) is 11.8 Å².